The summed E-state index contributed by atoms with van der Waals surface area (Å²) < 4.78 is 32.9. The lowest BCUT2D eigenvalue weighted by Gasteiger charge is -2.29. The van der Waals surface area contributed by atoms with E-state index in [-0.39, 0.29) is 18.1 Å². The fourth-order valence-electron chi connectivity index (χ4n) is 2.64. The van der Waals surface area contributed by atoms with Crippen LogP contribution in [0.25, 0.3) is 0 Å². The molecule has 0 fully saturated rings. The molecule has 2 heterocycles. The zero-order valence-corrected chi connectivity index (χ0v) is 13.0. The summed E-state index contributed by atoms with van der Waals surface area (Å²) in [6.45, 7) is 1.02. The number of benzene rings is 1. The number of pyridine rings is 1. The first-order chi connectivity index (χ1) is 11.6. The molecule has 0 aliphatic carbocycles. The van der Waals surface area contributed by atoms with Gasteiger partial charge in [0.05, 0.1) is 19.3 Å². The van der Waals surface area contributed by atoms with Crippen molar-refractivity contribution < 1.29 is 18.3 Å². The molecule has 3 rings (SSSR count). The van der Waals surface area contributed by atoms with Gasteiger partial charge in [0.15, 0.2) is 0 Å². The number of ether oxygens (including phenoxy) is 1. The minimum atomic E-state index is -0.483. The second-order valence-corrected chi connectivity index (χ2v) is 5.43. The van der Waals surface area contributed by atoms with Crippen molar-refractivity contribution in [3.05, 3.63) is 59.4 Å². The molecule has 0 spiro atoms. The van der Waals surface area contributed by atoms with E-state index in [0.717, 1.165) is 12.1 Å². The normalized spacial score (nSPS) is 13.3. The van der Waals surface area contributed by atoms with Gasteiger partial charge >= 0.3 is 6.03 Å². The zero-order valence-electron chi connectivity index (χ0n) is 13.0. The first kappa shape index (κ1) is 16.2. The van der Waals surface area contributed by atoms with E-state index in [9.17, 15) is 13.6 Å². The Balaban J connectivity index is 1.50. The Morgan fingerprint density at radius 2 is 2.04 bits per heavy atom. The van der Waals surface area contributed by atoms with E-state index in [4.69, 9.17) is 4.74 Å². The summed E-state index contributed by atoms with van der Waals surface area (Å²) in [5.41, 5.74) is 0.613. The molecule has 2 aromatic rings. The Bertz CT molecular complexity index is 725. The van der Waals surface area contributed by atoms with Crippen molar-refractivity contribution in [3.8, 4) is 5.75 Å². The van der Waals surface area contributed by atoms with Crippen molar-refractivity contribution in [2.45, 2.75) is 13.0 Å². The summed E-state index contributed by atoms with van der Waals surface area (Å²) in [7, 11) is 0. The van der Waals surface area contributed by atoms with E-state index < -0.39 is 11.6 Å². The maximum atomic E-state index is 13.8. The van der Waals surface area contributed by atoms with E-state index in [0.29, 0.717) is 37.4 Å². The summed E-state index contributed by atoms with van der Waals surface area (Å²) in [5.74, 6) is -0.281. The number of rotatable bonds is 4. The number of amides is 2. The van der Waals surface area contributed by atoms with Crippen LogP contribution in [0.2, 0.25) is 0 Å². The Morgan fingerprint density at radius 3 is 2.79 bits per heavy atom. The number of hydrogen-bond donors (Lipinski definition) is 1. The predicted octanol–water partition coefficient (Wildman–Crippen LogP) is 2.51. The van der Waals surface area contributed by atoms with Crippen LogP contribution in [0.3, 0.4) is 0 Å². The molecule has 7 heteroatoms. The number of nitrogens with one attached hydrogen (secondary N) is 1. The van der Waals surface area contributed by atoms with Crippen LogP contribution in [-0.2, 0) is 13.0 Å². The molecule has 0 saturated heterocycles. The van der Waals surface area contributed by atoms with Crippen molar-refractivity contribution >= 4 is 6.03 Å². The number of hydrogen-bond acceptors (Lipinski definition) is 3. The number of halogens is 2. The largest absolute Gasteiger partial charge is 0.490 e. The van der Waals surface area contributed by atoms with Crippen LogP contribution < -0.4 is 10.1 Å². The van der Waals surface area contributed by atoms with Crippen LogP contribution in [0.4, 0.5) is 13.6 Å². The monoisotopic (exact) mass is 333 g/mol. The molecule has 2 amide bonds. The third-order valence-electron chi connectivity index (χ3n) is 3.87. The molecule has 0 bridgehead atoms. The van der Waals surface area contributed by atoms with Gasteiger partial charge in [0.2, 0.25) is 0 Å². The lowest BCUT2D eigenvalue weighted by atomic mass is 9.99. The molecule has 126 valence electrons. The van der Waals surface area contributed by atoms with Gasteiger partial charge in [0, 0.05) is 18.3 Å². The molecule has 0 unspecified atom stereocenters. The maximum Gasteiger partial charge on any atom is 0.317 e. The lowest BCUT2D eigenvalue weighted by Crippen LogP contribution is -2.44. The van der Waals surface area contributed by atoms with Gasteiger partial charge in [0.1, 0.15) is 24.0 Å². The quantitative estimate of drug-likeness (QED) is 0.875. The van der Waals surface area contributed by atoms with Crippen molar-refractivity contribution in [3.63, 3.8) is 0 Å². The maximum absolute atomic E-state index is 13.8. The molecule has 1 aliphatic heterocycles. The highest BCUT2D eigenvalue weighted by molar-refractivity contribution is 5.74. The number of nitrogens with zero attached hydrogens (tertiary/aromatic N) is 2. The van der Waals surface area contributed by atoms with Gasteiger partial charge in [-0.15, -0.1) is 0 Å². The highest BCUT2D eigenvalue weighted by Crippen LogP contribution is 2.24. The summed E-state index contributed by atoms with van der Waals surface area (Å²) in [6, 6.07) is 5.43. The van der Waals surface area contributed by atoms with Gasteiger partial charge < -0.3 is 15.0 Å². The SMILES string of the molecule is O=C(NCCOc1cccnc1)N1CCc2c(F)ccc(F)c2C1. The molecule has 5 nitrogen and oxygen atoms in total. The van der Waals surface area contributed by atoms with Gasteiger partial charge in [-0.2, -0.15) is 0 Å². The Morgan fingerprint density at radius 1 is 1.25 bits per heavy atom. The fraction of sp³-hybridized carbons (Fsp3) is 0.294. The average molecular weight is 333 g/mol. The second kappa shape index (κ2) is 7.25. The molecule has 1 aromatic carbocycles. The highest BCUT2D eigenvalue weighted by atomic mass is 19.1. The van der Waals surface area contributed by atoms with E-state index in [1.807, 2.05) is 0 Å². The minimum Gasteiger partial charge on any atom is -0.490 e. The topological polar surface area (TPSA) is 54.5 Å². The summed E-state index contributed by atoms with van der Waals surface area (Å²) >= 11 is 0. The van der Waals surface area contributed by atoms with Crippen LogP contribution in [0, 0.1) is 11.6 Å². The van der Waals surface area contributed by atoms with E-state index in [2.05, 4.69) is 10.3 Å². The van der Waals surface area contributed by atoms with Gasteiger partial charge in [-0.3, -0.25) is 4.98 Å². The third-order valence-corrected chi connectivity index (χ3v) is 3.87. The molecular formula is C17H17F2N3O2. The van der Waals surface area contributed by atoms with Crippen molar-refractivity contribution in [1.29, 1.82) is 0 Å². The smallest absolute Gasteiger partial charge is 0.317 e. The average Bonchev–Trinajstić information content (AvgIpc) is 2.62. The molecule has 0 radical (unpaired) electrons. The Kier molecular flexibility index (Phi) is 4.88. The summed E-state index contributed by atoms with van der Waals surface area (Å²) in [6.07, 6.45) is 3.53. The summed E-state index contributed by atoms with van der Waals surface area (Å²) in [5, 5.41) is 2.71. The first-order valence-electron chi connectivity index (χ1n) is 7.66. The number of carbonyl (C=O) groups excluding carboxylic acids is 1. The Hall–Kier alpha value is -2.70. The zero-order chi connectivity index (χ0) is 16.9. The summed E-state index contributed by atoms with van der Waals surface area (Å²) in [4.78, 5) is 17.5. The predicted molar refractivity (Wildman–Crippen MR) is 83.6 cm³/mol. The van der Waals surface area contributed by atoms with Crippen LogP contribution in [0.5, 0.6) is 5.75 Å². The standard InChI is InChI=1S/C17H17F2N3O2/c18-15-3-4-16(19)14-11-22(8-5-13(14)15)17(23)21-7-9-24-12-2-1-6-20-10-12/h1-4,6,10H,5,7-9,11H2,(H,21,23). The Labute approximate surface area is 138 Å². The molecule has 1 aromatic heterocycles. The first-order valence-corrected chi connectivity index (χ1v) is 7.66. The van der Waals surface area contributed by atoms with Crippen LogP contribution >= 0.6 is 0 Å². The lowest BCUT2D eigenvalue weighted by molar-refractivity contribution is 0.188. The van der Waals surface area contributed by atoms with Crippen molar-refractivity contribution in [2.24, 2.45) is 0 Å². The van der Waals surface area contributed by atoms with Gasteiger partial charge in [0.25, 0.3) is 0 Å². The minimum absolute atomic E-state index is 0.0637. The van der Waals surface area contributed by atoms with Crippen LogP contribution in [0.15, 0.2) is 36.7 Å². The van der Waals surface area contributed by atoms with Crippen molar-refractivity contribution in [1.82, 2.24) is 15.2 Å². The number of urea groups is 1. The third kappa shape index (κ3) is 3.61. The number of aromatic nitrogens is 1. The van der Waals surface area contributed by atoms with Crippen LogP contribution in [-0.4, -0.2) is 35.6 Å². The van der Waals surface area contributed by atoms with Gasteiger partial charge in [-0.05, 0) is 36.2 Å². The van der Waals surface area contributed by atoms with Crippen molar-refractivity contribution in [2.75, 3.05) is 19.7 Å². The molecule has 0 atom stereocenters. The number of fused-ring (bicyclic) bond motifs is 1. The van der Waals surface area contributed by atoms with Crippen LogP contribution in [0.1, 0.15) is 11.1 Å². The second-order valence-electron chi connectivity index (χ2n) is 5.43. The molecule has 0 saturated carbocycles. The van der Waals surface area contributed by atoms with E-state index in [1.165, 1.54) is 4.90 Å². The highest BCUT2D eigenvalue weighted by Gasteiger charge is 2.25. The van der Waals surface area contributed by atoms with E-state index in [1.54, 1.807) is 24.5 Å². The molecule has 24 heavy (non-hydrogen) atoms. The van der Waals surface area contributed by atoms with Gasteiger partial charge in [-0.1, -0.05) is 0 Å². The fourth-order valence-corrected chi connectivity index (χ4v) is 2.64. The van der Waals surface area contributed by atoms with E-state index >= 15 is 0 Å². The van der Waals surface area contributed by atoms with Gasteiger partial charge in [-0.25, -0.2) is 13.6 Å². The molecule has 1 aliphatic rings. The number of carbonyl (C=O) groups is 1. The molecular weight excluding hydrogens is 316 g/mol. The molecule has 1 N–H and O–H groups in total.